The second-order valence-corrected chi connectivity index (χ2v) is 7.57. The second kappa shape index (κ2) is 7.83. The molecule has 1 aliphatic heterocycles. The fourth-order valence-electron chi connectivity index (χ4n) is 3.67. The van der Waals surface area contributed by atoms with Crippen molar-refractivity contribution >= 4 is 11.8 Å². The number of rotatable bonds is 6. The van der Waals surface area contributed by atoms with Gasteiger partial charge in [-0.2, -0.15) is 13.3 Å². The van der Waals surface area contributed by atoms with E-state index in [4.69, 9.17) is 9.47 Å². The van der Waals surface area contributed by atoms with Crippen molar-refractivity contribution in [2.75, 3.05) is 14.2 Å². The Morgan fingerprint density at radius 1 is 1.04 bits per heavy atom. The van der Waals surface area contributed by atoms with Crippen LogP contribution in [0.3, 0.4) is 0 Å². The highest BCUT2D eigenvalue weighted by Crippen LogP contribution is 2.34. The average molecular weight is 403 g/mol. The van der Waals surface area contributed by atoms with E-state index in [0.717, 1.165) is 36.3 Å². The molecule has 0 bridgehead atoms. The molecule has 3 aromatic rings. The number of ether oxygens (including phenoxy) is 2. The maximum absolute atomic E-state index is 12.6. The van der Waals surface area contributed by atoms with Crippen molar-refractivity contribution in [1.29, 1.82) is 0 Å². The standard InChI is InChI=1S/C21H21F2N2O2S/c1-26-18-10-5-14(12-19(18)27-2)17-13-24-11-3-4-20(24)25(17)15-6-8-16(9-7-15)28-21(22)23/h5-10,12-13,21H,3-4,11H2,1-2H3/q+1. The zero-order valence-corrected chi connectivity index (χ0v) is 16.5. The quantitative estimate of drug-likeness (QED) is 0.441. The van der Waals surface area contributed by atoms with Gasteiger partial charge in [-0.1, -0.05) is 11.8 Å². The summed E-state index contributed by atoms with van der Waals surface area (Å²) in [4.78, 5) is 0.558. The SMILES string of the molecule is COc1ccc(-c2c[n+]3c(n2-c2ccc(SC(F)F)cc2)CCC3)cc1OC. The number of hydrogen-bond donors (Lipinski definition) is 0. The van der Waals surface area contributed by atoms with Gasteiger partial charge in [0.1, 0.15) is 11.9 Å². The van der Waals surface area contributed by atoms with E-state index in [9.17, 15) is 8.78 Å². The van der Waals surface area contributed by atoms with E-state index in [0.29, 0.717) is 28.2 Å². The Bertz CT molecular complexity index is 987. The molecule has 0 spiro atoms. The minimum Gasteiger partial charge on any atom is -0.493 e. The lowest BCUT2D eigenvalue weighted by atomic mass is 10.1. The lowest BCUT2D eigenvalue weighted by molar-refractivity contribution is -0.689. The summed E-state index contributed by atoms with van der Waals surface area (Å²) in [6.45, 7) is 0.974. The van der Waals surface area contributed by atoms with Gasteiger partial charge in [-0.15, -0.1) is 0 Å². The minimum atomic E-state index is -2.42. The van der Waals surface area contributed by atoms with E-state index in [1.165, 1.54) is 5.82 Å². The van der Waals surface area contributed by atoms with Gasteiger partial charge in [0.2, 0.25) is 0 Å². The van der Waals surface area contributed by atoms with Crippen LogP contribution in [0.25, 0.3) is 16.9 Å². The molecule has 146 valence electrons. The smallest absolute Gasteiger partial charge is 0.288 e. The summed E-state index contributed by atoms with van der Waals surface area (Å²) >= 11 is 0.561. The van der Waals surface area contributed by atoms with Crippen molar-refractivity contribution < 1.29 is 22.8 Å². The molecule has 0 atom stereocenters. The highest BCUT2D eigenvalue weighted by molar-refractivity contribution is 7.99. The molecule has 2 heterocycles. The van der Waals surface area contributed by atoms with Crippen molar-refractivity contribution in [3.63, 3.8) is 0 Å². The molecular weight excluding hydrogens is 382 g/mol. The number of benzene rings is 2. The summed E-state index contributed by atoms with van der Waals surface area (Å²) in [5, 5.41) is 0. The predicted molar refractivity (Wildman–Crippen MR) is 105 cm³/mol. The molecule has 4 nitrogen and oxygen atoms in total. The van der Waals surface area contributed by atoms with Crippen molar-refractivity contribution in [1.82, 2.24) is 4.57 Å². The molecule has 0 fully saturated rings. The molecule has 0 aliphatic carbocycles. The molecule has 1 aliphatic rings. The molecule has 4 rings (SSSR count). The third-order valence-electron chi connectivity index (χ3n) is 4.91. The minimum absolute atomic E-state index is 0.558. The first kappa shape index (κ1) is 18.8. The number of aromatic nitrogens is 2. The number of halogens is 2. The van der Waals surface area contributed by atoms with Gasteiger partial charge in [0.15, 0.2) is 17.2 Å². The lowest BCUT2D eigenvalue weighted by Gasteiger charge is -2.10. The van der Waals surface area contributed by atoms with Crippen LogP contribution in [0.4, 0.5) is 8.78 Å². The average Bonchev–Trinajstić information content (AvgIpc) is 3.29. The first-order chi connectivity index (χ1) is 13.6. The number of imidazole rings is 1. The highest BCUT2D eigenvalue weighted by atomic mass is 32.2. The molecule has 0 radical (unpaired) electrons. The summed E-state index contributed by atoms with van der Waals surface area (Å²) in [5.41, 5.74) is 2.99. The van der Waals surface area contributed by atoms with Gasteiger partial charge < -0.3 is 9.47 Å². The Balaban J connectivity index is 1.80. The van der Waals surface area contributed by atoms with Crippen LogP contribution in [-0.2, 0) is 13.0 Å². The molecule has 0 saturated heterocycles. The van der Waals surface area contributed by atoms with E-state index in [-0.39, 0.29) is 0 Å². The Morgan fingerprint density at radius 3 is 2.46 bits per heavy atom. The third-order valence-corrected chi connectivity index (χ3v) is 5.63. The van der Waals surface area contributed by atoms with Gasteiger partial charge in [0.25, 0.3) is 11.6 Å². The number of alkyl halides is 2. The number of hydrogen-bond acceptors (Lipinski definition) is 3. The van der Waals surface area contributed by atoms with Gasteiger partial charge in [0.05, 0.1) is 27.2 Å². The largest absolute Gasteiger partial charge is 0.493 e. The monoisotopic (exact) mass is 403 g/mol. The lowest BCUT2D eigenvalue weighted by Crippen LogP contribution is -2.30. The van der Waals surface area contributed by atoms with Crippen molar-refractivity contribution in [3.8, 4) is 28.4 Å². The molecule has 0 N–H and O–H groups in total. The fraction of sp³-hybridized carbons (Fsp3) is 0.286. The number of nitrogens with zero attached hydrogens (tertiary/aromatic N) is 2. The van der Waals surface area contributed by atoms with Gasteiger partial charge in [-0.25, -0.2) is 4.57 Å². The second-order valence-electron chi connectivity index (χ2n) is 6.51. The first-order valence-electron chi connectivity index (χ1n) is 9.02. The van der Waals surface area contributed by atoms with Crippen LogP contribution < -0.4 is 14.0 Å². The molecule has 2 aromatic carbocycles. The van der Waals surface area contributed by atoms with E-state index in [1.54, 1.807) is 26.4 Å². The Labute approximate surface area is 166 Å². The Hall–Kier alpha value is -2.54. The molecule has 0 unspecified atom stereocenters. The zero-order chi connectivity index (χ0) is 19.7. The zero-order valence-electron chi connectivity index (χ0n) is 15.7. The van der Waals surface area contributed by atoms with Crippen LogP contribution in [-0.4, -0.2) is 24.5 Å². The van der Waals surface area contributed by atoms with E-state index in [1.807, 2.05) is 30.3 Å². The van der Waals surface area contributed by atoms with E-state index < -0.39 is 5.76 Å². The normalized spacial score (nSPS) is 13.0. The summed E-state index contributed by atoms with van der Waals surface area (Å²) in [7, 11) is 3.23. The number of thioether (sulfide) groups is 1. The van der Waals surface area contributed by atoms with Crippen LogP contribution in [0, 0.1) is 0 Å². The maximum atomic E-state index is 12.6. The van der Waals surface area contributed by atoms with Gasteiger partial charge in [-0.05, 0) is 48.9 Å². The highest BCUT2D eigenvalue weighted by Gasteiger charge is 2.30. The molecule has 1 aromatic heterocycles. The topological polar surface area (TPSA) is 27.3 Å². The van der Waals surface area contributed by atoms with Gasteiger partial charge in [0, 0.05) is 10.5 Å². The van der Waals surface area contributed by atoms with Crippen molar-refractivity contribution in [2.24, 2.45) is 0 Å². The van der Waals surface area contributed by atoms with Gasteiger partial charge >= 0.3 is 0 Å². The summed E-state index contributed by atoms with van der Waals surface area (Å²) in [6.07, 6.45) is 4.22. The summed E-state index contributed by atoms with van der Waals surface area (Å²) in [5.74, 6) is 0.137. The van der Waals surface area contributed by atoms with E-state index in [2.05, 4.69) is 15.3 Å². The molecule has 28 heavy (non-hydrogen) atoms. The number of fused-ring (bicyclic) bond motifs is 1. The first-order valence-corrected chi connectivity index (χ1v) is 9.90. The Kier molecular flexibility index (Phi) is 5.26. The van der Waals surface area contributed by atoms with Crippen molar-refractivity contribution in [2.45, 2.75) is 30.0 Å². The molecular formula is C21H21F2N2O2S+. The summed E-state index contributed by atoms with van der Waals surface area (Å²) < 4.78 is 40.5. The van der Waals surface area contributed by atoms with Crippen LogP contribution >= 0.6 is 11.8 Å². The summed E-state index contributed by atoms with van der Waals surface area (Å²) in [6, 6.07) is 13.1. The fourth-order valence-corrected chi connectivity index (χ4v) is 4.17. The van der Waals surface area contributed by atoms with Crippen LogP contribution in [0.2, 0.25) is 0 Å². The van der Waals surface area contributed by atoms with Crippen LogP contribution in [0.5, 0.6) is 11.5 Å². The van der Waals surface area contributed by atoms with Crippen LogP contribution in [0.15, 0.2) is 53.6 Å². The predicted octanol–water partition coefficient (Wildman–Crippen LogP) is 4.71. The maximum Gasteiger partial charge on any atom is 0.288 e. The Morgan fingerprint density at radius 2 is 1.79 bits per heavy atom. The third kappa shape index (κ3) is 3.46. The van der Waals surface area contributed by atoms with Crippen LogP contribution in [0.1, 0.15) is 12.2 Å². The van der Waals surface area contributed by atoms with E-state index >= 15 is 0 Å². The molecule has 0 amide bonds. The number of aryl methyl sites for hydroxylation is 1. The number of methoxy groups -OCH3 is 2. The molecule has 7 heteroatoms. The van der Waals surface area contributed by atoms with Crippen molar-refractivity contribution in [3.05, 3.63) is 54.5 Å². The van der Waals surface area contributed by atoms with Gasteiger partial charge in [-0.3, -0.25) is 0 Å². The molecule has 0 saturated carbocycles.